The highest BCUT2D eigenvalue weighted by atomic mass is 32.2. The molecule has 2 aromatic carbocycles. The van der Waals surface area contributed by atoms with Crippen molar-refractivity contribution in [2.45, 2.75) is 17.9 Å². The van der Waals surface area contributed by atoms with Crippen LogP contribution < -0.4 is 14.8 Å². The van der Waals surface area contributed by atoms with E-state index in [9.17, 15) is 13.2 Å². The van der Waals surface area contributed by atoms with Gasteiger partial charge in [-0.25, -0.2) is 8.42 Å². The molecule has 2 rings (SSSR count). The van der Waals surface area contributed by atoms with Gasteiger partial charge in [0.15, 0.2) is 0 Å². The fourth-order valence-corrected chi connectivity index (χ4v) is 3.17. The fourth-order valence-electron chi connectivity index (χ4n) is 1.94. The van der Waals surface area contributed by atoms with Crippen molar-refractivity contribution in [3.63, 3.8) is 0 Å². The summed E-state index contributed by atoms with van der Waals surface area (Å²) in [7, 11) is -2.26. The van der Waals surface area contributed by atoms with E-state index in [2.05, 4.69) is 10.0 Å². The first-order valence-electron chi connectivity index (χ1n) is 6.95. The van der Waals surface area contributed by atoms with E-state index in [1.54, 1.807) is 42.5 Å². The summed E-state index contributed by atoms with van der Waals surface area (Å²) in [4.78, 5) is 12.3. The number of rotatable bonds is 6. The minimum absolute atomic E-state index is 0.108. The maximum Gasteiger partial charge on any atom is 0.242 e. The summed E-state index contributed by atoms with van der Waals surface area (Å²) in [6, 6.07) is 13.8. The average molecular weight is 334 g/mol. The number of carbonyl (C=O) groups is 1. The van der Waals surface area contributed by atoms with Gasteiger partial charge in [0.1, 0.15) is 5.75 Å². The number of carbonyl (C=O) groups excluding carboxylic acids is 1. The summed E-state index contributed by atoms with van der Waals surface area (Å²) in [5.74, 6) is 0.0213. The molecule has 6 nitrogen and oxygen atoms in total. The third-order valence-corrected chi connectivity index (χ3v) is 4.70. The van der Waals surface area contributed by atoms with Crippen LogP contribution >= 0.6 is 0 Å². The molecule has 2 N–H and O–H groups in total. The minimum atomic E-state index is -3.75. The van der Waals surface area contributed by atoms with Gasteiger partial charge in [-0.2, -0.15) is 4.72 Å². The number of ether oxygens (including phenoxy) is 1. The molecule has 122 valence electrons. The van der Waals surface area contributed by atoms with Crippen LogP contribution in [0.5, 0.6) is 5.75 Å². The lowest BCUT2D eigenvalue weighted by Crippen LogP contribution is -2.41. The van der Waals surface area contributed by atoms with Crippen molar-refractivity contribution in [2.75, 3.05) is 12.4 Å². The second kappa shape index (κ2) is 7.26. The molecule has 0 radical (unpaired) electrons. The highest BCUT2D eigenvalue weighted by Gasteiger charge is 2.22. The van der Waals surface area contributed by atoms with Crippen molar-refractivity contribution in [2.24, 2.45) is 0 Å². The molecule has 1 amide bonds. The second-order valence-corrected chi connectivity index (χ2v) is 6.56. The Morgan fingerprint density at radius 2 is 1.65 bits per heavy atom. The molecule has 0 aliphatic rings. The quantitative estimate of drug-likeness (QED) is 0.846. The van der Waals surface area contributed by atoms with Crippen LogP contribution in [0.25, 0.3) is 0 Å². The van der Waals surface area contributed by atoms with Gasteiger partial charge >= 0.3 is 0 Å². The summed E-state index contributed by atoms with van der Waals surface area (Å²) in [5.41, 5.74) is 0.478. The molecule has 0 heterocycles. The van der Waals surface area contributed by atoms with E-state index >= 15 is 0 Å². The van der Waals surface area contributed by atoms with Crippen LogP contribution in [0.2, 0.25) is 0 Å². The van der Waals surface area contributed by atoms with Gasteiger partial charge in [-0.05, 0) is 31.2 Å². The molecular formula is C16H18N2O4S. The summed E-state index contributed by atoms with van der Waals surface area (Å²) in [6.45, 7) is 1.48. The first-order valence-corrected chi connectivity index (χ1v) is 8.43. The van der Waals surface area contributed by atoms with Crippen LogP contribution in [0.1, 0.15) is 6.92 Å². The Hall–Kier alpha value is -2.38. The Balaban J connectivity index is 2.09. The van der Waals surface area contributed by atoms with Gasteiger partial charge in [-0.15, -0.1) is 0 Å². The topological polar surface area (TPSA) is 84.5 Å². The lowest BCUT2D eigenvalue weighted by molar-refractivity contribution is -0.117. The molecule has 23 heavy (non-hydrogen) atoms. The normalized spacial score (nSPS) is 12.4. The van der Waals surface area contributed by atoms with Crippen LogP contribution in [0, 0.1) is 0 Å². The van der Waals surface area contributed by atoms with Gasteiger partial charge in [0.05, 0.1) is 23.7 Å². The van der Waals surface area contributed by atoms with Crippen LogP contribution in [-0.4, -0.2) is 27.5 Å². The number of anilines is 1. The van der Waals surface area contributed by atoms with E-state index in [1.807, 2.05) is 0 Å². The zero-order valence-corrected chi connectivity index (χ0v) is 13.6. The van der Waals surface area contributed by atoms with E-state index < -0.39 is 22.0 Å². The molecular weight excluding hydrogens is 316 g/mol. The van der Waals surface area contributed by atoms with Crippen molar-refractivity contribution >= 4 is 21.6 Å². The van der Waals surface area contributed by atoms with Gasteiger partial charge in [-0.1, -0.05) is 30.3 Å². The SMILES string of the molecule is COc1ccccc1NC(=O)[C@@H](C)NS(=O)(=O)c1ccccc1. The standard InChI is InChI=1S/C16H18N2O4S/c1-12(18-23(20,21)13-8-4-3-5-9-13)16(19)17-14-10-6-7-11-15(14)22-2/h3-12,18H,1-2H3,(H,17,19)/t12-/m1/s1. The number of nitrogens with one attached hydrogen (secondary N) is 2. The van der Waals surface area contributed by atoms with Crippen LogP contribution in [0.4, 0.5) is 5.69 Å². The molecule has 1 atom stereocenters. The maximum absolute atomic E-state index is 12.2. The first kappa shape index (κ1) is 17.0. The molecule has 0 unspecified atom stereocenters. The molecule has 0 saturated carbocycles. The van der Waals surface area contributed by atoms with Crippen molar-refractivity contribution in [3.8, 4) is 5.75 Å². The van der Waals surface area contributed by atoms with E-state index in [0.717, 1.165) is 0 Å². The zero-order valence-electron chi connectivity index (χ0n) is 12.8. The Kier molecular flexibility index (Phi) is 5.36. The Morgan fingerprint density at radius 3 is 2.30 bits per heavy atom. The van der Waals surface area contributed by atoms with E-state index in [-0.39, 0.29) is 4.90 Å². The van der Waals surface area contributed by atoms with E-state index in [1.165, 1.54) is 26.2 Å². The van der Waals surface area contributed by atoms with Crippen LogP contribution in [-0.2, 0) is 14.8 Å². The van der Waals surface area contributed by atoms with Gasteiger partial charge in [-0.3, -0.25) is 4.79 Å². The molecule has 0 fully saturated rings. The van der Waals surface area contributed by atoms with E-state index in [4.69, 9.17) is 4.74 Å². The van der Waals surface area contributed by atoms with Crippen molar-refractivity contribution in [1.29, 1.82) is 0 Å². The average Bonchev–Trinajstić information content (AvgIpc) is 2.55. The number of methoxy groups -OCH3 is 1. The predicted octanol–water partition coefficient (Wildman–Crippen LogP) is 2.00. The predicted molar refractivity (Wildman–Crippen MR) is 87.8 cm³/mol. The lowest BCUT2D eigenvalue weighted by Gasteiger charge is -2.15. The third-order valence-electron chi connectivity index (χ3n) is 3.14. The summed E-state index contributed by atoms with van der Waals surface area (Å²) >= 11 is 0. The van der Waals surface area contributed by atoms with Gasteiger partial charge in [0.25, 0.3) is 0 Å². The van der Waals surface area contributed by atoms with Crippen molar-refractivity contribution < 1.29 is 17.9 Å². The number of sulfonamides is 1. The highest BCUT2D eigenvalue weighted by Crippen LogP contribution is 2.23. The van der Waals surface area contributed by atoms with Gasteiger partial charge < -0.3 is 10.1 Å². The Morgan fingerprint density at radius 1 is 1.04 bits per heavy atom. The summed E-state index contributed by atoms with van der Waals surface area (Å²) < 4.78 is 31.9. The third kappa shape index (κ3) is 4.30. The smallest absolute Gasteiger partial charge is 0.242 e. The number of hydrogen-bond donors (Lipinski definition) is 2. The molecule has 0 aromatic heterocycles. The van der Waals surface area contributed by atoms with Gasteiger partial charge in [0.2, 0.25) is 15.9 Å². The molecule has 7 heteroatoms. The largest absolute Gasteiger partial charge is 0.495 e. The monoisotopic (exact) mass is 334 g/mol. The number of benzene rings is 2. The van der Waals surface area contributed by atoms with Gasteiger partial charge in [0, 0.05) is 0 Å². The summed E-state index contributed by atoms with van der Waals surface area (Å²) in [5, 5.41) is 2.64. The highest BCUT2D eigenvalue weighted by molar-refractivity contribution is 7.89. The molecule has 0 aliphatic heterocycles. The Bertz CT molecular complexity index is 776. The number of hydrogen-bond acceptors (Lipinski definition) is 4. The van der Waals surface area contributed by atoms with Crippen molar-refractivity contribution in [3.05, 3.63) is 54.6 Å². The number of para-hydroxylation sites is 2. The fraction of sp³-hybridized carbons (Fsp3) is 0.188. The Labute approximate surface area is 135 Å². The molecule has 0 spiro atoms. The maximum atomic E-state index is 12.2. The molecule has 2 aromatic rings. The van der Waals surface area contributed by atoms with E-state index in [0.29, 0.717) is 11.4 Å². The minimum Gasteiger partial charge on any atom is -0.495 e. The molecule has 0 bridgehead atoms. The zero-order chi connectivity index (χ0) is 16.9. The lowest BCUT2D eigenvalue weighted by atomic mass is 10.2. The summed E-state index contributed by atoms with van der Waals surface area (Å²) in [6.07, 6.45) is 0. The molecule has 0 saturated heterocycles. The van der Waals surface area contributed by atoms with Crippen molar-refractivity contribution in [1.82, 2.24) is 4.72 Å². The first-order chi connectivity index (χ1) is 10.9. The van der Waals surface area contributed by atoms with Crippen LogP contribution in [0.15, 0.2) is 59.5 Å². The number of amides is 1. The van der Waals surface area contributed by atoms with Crippen LogP contribution in [0.3, 0.4) is 0 Å². The second-order valence-electron chi connectivity index (χ2n) is 4.85. The molecule has 0 aliphatic carbocycles.